The summed E-state index contributed by atoms with van der Waals surface area (Å²) in [5.41, 5.74) is 5.07. The van der Waals surface area contributed by atoms with Gasteiger partial charge in [0.25, 0.3) is 0 Å². The second-order valence-corrected chi connectivity index (χ2v) is 14.9. The van der Waals surface area contributed by atoms with E-state index in [0.29, 0.717) is 0 Å². The lowest BCUT2D eigenvalue weighted by Gasteiger charge is -2.48. The van der Waals surface area contributed by atoms with Gasteiger partial charge in [0.2, 0.25) is 0 Å². The van der Waals surface area contributed by atoms with E-state index in [4.69, 9.17) is 10.8 Å². The van der Waals surface area contributed by atoms with Crippen LogP contribution in [0.4, 0.5) is 0 Å². The van der Waals surface area contributed by atoms with Crippen molar-refractivity contribution in [3.05, 3.63) is 0 Å². The van der Waals surface area contributed by atoms with Crippen LogP contribution in [0, 0.1) is 0 Å². The van der Waals surface area contributed by atoms with Crippen LogP contribution in [0.15, 0.2) is 0 Å². The van der Waals surface area contributed by atoms with Crippen molar-refractivity contribution in [2.45, 2.75) is 42.7 Å². The normalized spacial score (nSPS) is 28.7. The summed E-state index contributed by atoms with van der Waals surface area (Å²) in [5.74, 6) is -1.85. The van der Waals surface area contributed by atoms with Crippen LogP contribution >= 0.6 is 46.9 Å². The molecule has 0 aromatic rings. The van der Waals surface area contributed by atoms with Crippen LogP contribution in [0.1, 0.15) is 0 Å². The van der Waals surface area contributed by atoms with E-state index in [-0.39, 0.29) is 0 Å². The van der Waals surface area contributed by atoms with Crippen molar-refractivity contribution >= 4 is 52.9 Å². The van der Waals surface area contributed by atoms with Gasteiger partial charge in [-0.15, -0.1) is 0 Å². The molecule has 33 heteroatoms. The Balaban J connectivity index is 4.03. The fourth-order valence-electron chi connectivity index (χ4n) is 3.06. The molecular weight excluding hydrogens is 724 g/mol. The first-order valence-electron chi connectivity index (χ1n) is 9.73. The summed E-state index contributed by atoms with van der Waals surface area (Å²) in [4.78, 5) is 114. The summed E-state index contributed by atoms with van der Waals surface area (Å²) in [7, 11) is -36.5. The van der Waals surface area contributed by atoms with Gasteiger partial charge in [0.05, 0.1) is 6.61 Å². The predicted octanol–water partition coefficient (Wildman–Crippen LogP) is -3.70. The third-order valence-electron chi connectivity index (χ3n) is 4.23. The highest BCUT2D eigenvalue weighted by Gasteiger charge is 2.63. The highest BCUT2D eigenvalue weighted by atomic mass is 31.2. The van der Waals surface area contributed by atoms with Gasteiger partial charge in [0, 0.05) is 0 Å². The van der Waals surface area contributed by atoms with Crippen molar-refractivity contribution < 1.29 is 123 Å². The zero-order chi connectivity index (χ0) is 33.3. The molecule has 1 aliphatic rings. The fraction of sp³-hybridized carbons (Fsp3) is 0.889. The molecule has 0 heterocycles. The number of hydrogen-bond acceptors (Lipinski definition) is 15. The minimum Gasteiger partial charge on any atom is -0.480 e. The maximum atomic E-state index is 12.5. The van der Waals surface area contributed by atoms with E-state index in [1.165, 1.54) is 0 Å². The second kappa shape index (κ2) is 14.2. The Morgan fingerprint density at radius 2 is 0.738 bits per heavy atom. The standard InChI is InChI=1S/C9H23NO26P6/c10-2(9(11)12)1-30-42(28,29)36-8-6(34-40(22,23)24)4(32-38(16,17)18)3(31-37(13,14)15)5(33-39(19,20)21)7(8)35-41(25,26)27/h2-8H,1,10H2,(H,11,12)(H,28,29)(H2,13,14,15)(H2,16,17,18)(H2,19,20,21)(H2,22,23,24)(H2,25,26,27)/t2-,3-,4-,5+,6-,7-,8-/m0/s1. The number of nitrogens with two attached hydrogens (primary N) is 1. The quantitative estimate of drug-likeness (QED) is 0.0676. The molecule has 27 nitrogen and oxygen atoms in total. The van der Waals surface area contributed by atoms with Gasteiger partial charge in [-0.05, 0) is 0 Å². The van der Waals surface area contributed by atoms with Gasteiger partial charge in [-0.1, -0.05) is 0 Å². The van der Waals surface area contributed by atoms with Gasteiger partial charge >= 0.3 is 52.9 Å². The Morgan fingerprint density at radius 3 is 0.929 bits per heavy atom. The molecule has 1 rings (SSSR count). The van der Waals surface area contributed by atoms with Crippen molar-refractivity contribution in [2.24, 2.45) is 5.73 Å². The smallest absolute Gasteiger partial charge is 0.472 e. The number of phosphoric acid groups is 6. The molecule has 0 radical (unpaired) electrons. The largest absolute Gasteiger partial charge is 0.480 e. The molecule has 0 aromatic carbocycles. The van der Waals surface area contributed by atoms with E-state index in [0.717, 1.165) is 0 Å². The van der Waals surface area contributed by atoms with E-state index < -0.39 is 102 Å². The first kappa shape index (κ1) is 40.1. The van der Waals surface area contributed by atoms with Gasteiger partial charge in [-0.3, -0.25) is 36.5 Å². The van der Waals surface area contributed by atoms with Gasteiger partial charge in [0.1, 0.15) is 42.7 Å². The van der Waals surface area contributed by atoms with Gasteiger partial charge in [-0.25, -0.2) is 27.4 Å². The second-order valence-electron chi connectivity index (χ2n) is 7.58. The Labute approximate surface area is 231 Å². The summed E-state index contributed by atoms with van der Waals surface area (Å²) >= 11 is 0. The number of carboxylic acid groups (broad SMARTS) is 1. The number of aliphatic carboxylic acids is 1. The lowest BCUT2D eigenvalue weighted by Crippen LogP contribution is -2.66. The van der Waals surface area contributed by atoms with E-state index in [1.807, 2.05) is 0 Å². The summed E-state index contributed by atoms with van der Waals surface area (Å²) in [6.45, 7) is -1.42. The minimum absolute atomic E-state index is 1.42. The van der Waals surface area contributed by atoms with Gasteiger partial charge < -0.3 is 64.7 Å². The lowest BCUT2D eigenvalue weighted by atomic mass is 9.85. The fourth-order valence-corrected chi connectivity index (χ4v) is 6.81. The highest BCUT2D eigenvalue weighted by Crippen LogP contribution is 2.58. The Morgan fingerprint density at radius 1 is 0.524 bits per heavy atom. The Hall–Kier alpha value is 0.0900. The molecule has 1 unspecified atom stereocenters. The van der Waals surface area contributed by atoms with Crippen LogP contribution in [-0.2, 0) is 63.9 Å². The van der Waals surface area contributed by atoms with E-state index in [1.54, 1.807) is 0 Å². The lowest BCUT2D eigenvalue weighted by molar-refractivity contribution is -0.202. The van der Waals surface area contributed by atoms with Crippen molar-refractivity contribution in [3.8, 4) is 0 Å². The van der Waals surface area contributed by atoms with Crippen LogP contribution in [0.2, 0.25) is 0 Å². The monoisotopic (exact) mass is 747 g/mol. The maximum Gasteiger partial charge on any atom is 0.472 e. The Bertz CT molecular complexity index is 1180. The summed E-state index contributed by atoms with van der Waals surface area (Å²) in [6.07, 6.45) is -19.3. The number of phosphoric ester groups is 6. The molecule has 0 bridgehead atoms. The van der Waals surface area contributed by atoms with Crippen LogP contribution < -0.4 is 5.73 Å². The van der Waals surface area contributed by atoms with Crippen molar-refractivity contribution in [1.29, 1.82) is 0 Å². The summed E-state index contributed by atoms with van der Waals surface area (Å²) in [6, 6.07) is -2.08. The topological polar surface area (TPSA) is 453 Å². The molecule has 8 atom stereocenters. The molecular formula is C9H23NO26P6. The van der Waals surface area contributed by atoms with Crippen molar-refractivity contribution in [2.75, 3.05) is 6.61 Å². The number of carbonyl (C=O) groups is 1. The summed E-state index contributed by atoms with van der Waals surface area (Å²) in [5, 5.41) is 8.76. The molecule has 1 saturated carbocycles. The first-order chi connectivity index (χ1) is 18.4. The van der Waals surface area contributed by atoms with Gasteiger partial charge in [-0.2, -0.15) is 0 Å². The zero-order valence-corrected chi connectivity index (χ0v) is 25.0. The minimum atomic E-state index is -6.12. The van der Waals surface area contributed by atoms with Crippen LogP contribution in [0.25, 0.3) is 0 Å². The molecule has 42 heavy (non-hydrogen) atoms. The van der Waals surface area contributed by atoms with E-state index in [9.17, 15) is 86.0 Å². The number of rotatable bonds is 16. The molecule has 14 N–H and O–H groups in total. The molecule has 0 aliphatic heterocycles. The molecule has 0 saturated heterocycles. The Kier molecular flexibility index (Phi) is 13.6. The zero-order valence-electron chi connectivity index (χ0n) is 19.6. The molecule has 0 amide bonds. The number of carboxylic acids is 1. The third kappa shape index (κ3) is 14.9. The number of hydrogen-bond donors (Lipinski definition) is 13. The highest BCUT2D eigenvalue weighted by molar-refractivity contribution is 7.48. The average molecular weight is 747 g/mol. The predicted molar refractivity (Wildman–Crippen MR) is 121 cm³/mol. The van der Waals surface area contributed by atoms with Crippen molar-refractivity contribution in [3.63, 3.8) is 0 Å². The third-order valence-corrected chi connectivity index (χ3v) is 7.80. The van der Waals surface area contributed by atoms with Crippen LogP contribution in [0.3, 0.4) is 0 Å². The molecule has 1 fully saturated rings. The molecule has 1 aliphatic carbocycles. The molecule has 0 spiro atoms. The molecule has 250 valence electrons. The van der Waals surface area contributed by atoms with Gasteiger partial charge in [0.15, 0.2) is 0 Å². The summed E-state index contributed by atoms with van der Waals surface area (Å²) < 4.78 is 100. The molecule has 0 aromatic heterocycles. The SMILES string of the molecule is N[C@@H](COP(=O)(O)O[C@@H]1[C@@H](OP(=O)(O)O)[C@H](OP(=O)(O)O)[C@@H](OP(=O)(O)O)[C@H](OP(=O)(O)O)[C@@H]1OP(=O)(O)O)C(=O)O. The first-order valence-corrected chi connectivity index (χ1v) is 18.9. The van der Waals surface area contributed by atoms with Crippen molar-refractivity contribution in [1.82, 2.24) is 0 Å². The maximum absolute atomic E-state index is 12.5. The van der Waals surface area contributed by atoms with E-state index >= 15 is 0 Å². The van der Waals surface area contributed by atoms with Crippen LogP contribution in [-0.4, -0.2) is 114 Å². The van der Waals surface area contributed by atoms with E-state index in [2.05, 4.69) is 31.7 Å². The average Bonchev–Trinajstić information content (AvgIpc) is 2.69. The van der Waals surface area contributed by atoms with Crippen LogP contribution in [0.5, 0.6) is 0 Å².